The van der Waals surface area contributed by atoms with Crippen molar-refractivity contribution in [3.63, 3.8) is 0 Å². The van der Waals surface area contributed by atoms with Gasteiger partial charge in [-0.2, -0.15) is 0 Å². The monoisotopic (exact) mass is 958 g/mol. The fraction of sp³-hybridized carbons (Fsp3) is 0.903. The molecule has 0 heterocycles. The Morgan fingerprint density at radius 1 is 0.397 bits per heavy atom. The highest BCUT2D eigenvalue weighted by Gasteiger charge is 2.20. The smallest absolute Gasteiger partial charge is 0.305 e. The zero-order valence-corrected chi connectivity index (χ0v) is 45.9. The third kappa shape index (κ3) is 53.7. The van der Waals surface area contributed by atoms with Gasteiger partial charge in [-0.15, -0.1) is 0 Å². The van der Waals surface area contributed by atoms with E-state index >= 15 is 0 Å². The highest BCUT2D eigenvalue weighted by atomic mass is 16.5. The average Bonchev–Trinajstić information content (AvgIpc) is 3.34. The maximum atomic E-state index is 12.4. The fourth-order valence-corrected chi connectivity index (χ4v) is 9.51. The molecule has 0 saturated heterocycles. The molecule has 6 heteroatoms. The largest absolute Gasteiger partial charge is 0.466 e. The number of unbranched alkanes of at least 4 members (excludes halogenated alkanes) is 42. The van der Waals surface area contributed by atoms with E-state index in [-0.39, 0.29) is 18.5 Å². The summed E-state index contributed by atoms with van der Waals surface area (Å²) in [6.07, 6.45) is 70.6. The van der Waals surface area contributed by atoms with Crippen LogP contribution in [-0.4, -0.2) is 47.4 Å². The minimum atomic E-state index is -0.661. The lowest BCUT2D eigenvalue weighted by atomic mass is 10.0. The number of carbonyl (C=O) groups excluding carboxylic acids is 2. The van der Waals surface area contributed by atoms with Gasteiger partial charge in [-0.05, 0) is 77.0 Å². The summed E-state index contributed by atoms with van der Waals surface area (Å²) in [6, 6.07) is -0.539. The van der Waals surface area contributed by atoms with Crippen LogP contribution in [0, 0.1) is 0 Å². The summed E-state index contributed by atoms with van der Waals surface area (Å²) in [7, 11) is 0. The molecule has 6 nitrogen and oxygen atoms in total. The van der Waals surface area contributed by atoms with Crippen molar-refractivity contribution in [3.8, 4) is 0 Å². The normalized spacial score (nSPS) is 12.7. The fourth-order valence-electron chi connectivity index (χ4n) is 9.51. The molecule has 0 aliphatic rings. The van der Waals surface area contributed by atoms with Crippen LogP contribution in [0.5, 0.6) is 0 Å². The molecule has 2 unspecified atom stereocenters. The molecule has 0 spiro atoms. The summed E-state index contributed by atoms with van der Waals surface area (Å²) in [5, 5.41) is 23.1. The first-order valence-electron chi connectivity index (χ1n) is 30.6. The van der Waals surface area contributed by atoms with Crippen molar-refractivity contribution >= 4 is 11.9 Å². The summed E-state index contributed by atoms with van der Waals surface area (Å²) in [4.78, 5) is 24.4. The highest BCUT2D eigenvalue weighted by Crippen LogP contribution is 2.17. The third-order valence-electron chi connectivity index (χ3n) is 14.2. The Morgan fingerprint density at radius 2 is 0.691 bits per heavy atom. The maximum Gasteiger partial charge on any atom is 0.305 e. The van der Waals surface area contributed by atoms with Crippen LogP contribution in [0.15, 0.2) is 24.3 Å². The molecule has 0 aromatic carbocycles. The third-order valence-corrected chi connectivity index (χ3v) is 14.2. The Balaban J connectivity index is 3.34. The number of aliphatic hydroxyl groups is 2. The first-order valence-corrected chi connectivity index (χ1v) is 30.6. The first-order chi connectivity index (χ1) is 33.5. The van der Waals surface area contributed by atoms with E-state index in [1.165, 1.54) is 257 Å². The molecule has 0 aromatic heterocycles. The Kier molecular flexibility index (Phi) is 56.5. The lowest BCUT2D eigenvalue weighted by Gasteiger charge is -2.22. The van der Waals surface area contributed by atoms with E-state index < -0.39 is 12.1 Å². The van der Waals surface area contributed by atoms with Crippen LogP contribution in [-0.2, 0) is 14.3 Å². The quantitative estimate of drug-likeness (QED) is 0.0321. The summed E-state index contributed by atoms with van der Waals surface area (Å²) in [5.41, 5.74) is 0. The van der Waals surface area contributed by atoms with E-state index in [2.05, 4.69) is 43.5 Å². The molecule has 0 rings (SSSR count). The van der Waals surface area contributed by atoms with Crippen LogP contribution in [0.4, 0.5) is 0 Å². The van der Waals surface area contributed by atoms with Crippen LogP contribution in [0.25, 0.3) is 0 Å². The second-order valence-electron chi connectivity index (χ2n) is 21.0. The minimum Gasteiger partial charge on any atom is -0.466 e. The predicted octanol–water partition coefficient (Wildman–Crippen LogP) is 19.0. The number of nitrogens with one attached hydrogen (secondary N) is 1. The topological polar surface area (TPSA) is 95.9 Å². The number of aliphatic hydroxyl groups excluding tert-OH is 2. The molecule has 0 fully saturated rings. The van der Waals surface area contributed by atoms with Gasteiger partial charge in [0.2, 0.25) is 5.91 Å². The van der Waals surface area contributed by atoms with Gasteiger partial charge in [0.05, 0.1) is 25.4 Å². The van der Waals surface area contributed by atoms with Crippen molar-refractivity contribution in [2.24, 2.45) is 0 Å². The molecule has 68 heavy (non-hydrogen) atoms. The van der Waals surface area contributed by atoms with E-state index in [1.54, 1.807) is 0 Å². The van der Waals surface area contributed by atoms with E-state index in [9.17, 15) is 19.8 Å². The maximum absolute atomic E-state index is 12.4. The molecule has 0 saturated carbocycles. The molecule has 402 valence electrons. The standard InChI is InChI=1S/C62H119NO5/c1-3-5-7-9-11-13-14-15-33-36-40-44-48-52-56-62(67)68-57-53-49-45-41-37-34-31-29-27-25-23-21-19-17-16-18-20-22-24-26-28-30-32-35-39-43-47-51-55-61(66)63-59(58-64)60(65)54-50-46-42-38-12-10-8-6-4-2/h14-17,59-60,64-65H,3-13,18-58H2,1-2H3,(H,63,66)/b15-14-,17-16-. The number of amides is 1. The molecule has 0 radical (unpaired) electrons. The van der Waals surface area contributed by atoms with Crippen molar-refractivity contribution < 1.29 is 24.5 Å². The molecule has 0 bridgehead atoms. The number of esters is 1. The van der Waals surface area contributed by atoms with E-state index in [0.29, 0.717) is 25.9 Å². The summed E-state index contributed by atoms with van der Waals surface area (Å²) < 4.78 is 5.48. The minimum absolute atomic E-state index is 0.00731. The highest BCUT2D eigenvalue weighted by molar-refractivity contribution is 5.76. The molecule has 0 aliphatic carbocycles. The number of hydrogen-bond donors (Lipinski definition) is 3. The van der Waals surface area contributed by atoms with Crippen molar-refractivity contribution in [1.29, 1.82) is 0 Å². The van der Waals surface area contributed by atoms with Crippen molar-refractivity contribution in [2.75, 3.05) is 13.2 Å². The molecular weight excluding hydrogens is 839 g/mol. The van der Waals surface area contributed by atoms with Crippen molar-refractivity contribution in [3.05, 3.63) is 24.3 Å². The van der Waals surface area contributed by atoms with Gasteiger partial charge in [-0.1, -0.05) is 269 Å². The van der Waals surface area contributed by atoms with Crippen molar-refractivity contribution in [2.45, 2.75) is 347 Å². The number of rotatable bonds is 57. The van der Waals surface area contributed by atoms with Gasteiger partial charge in [-0.3, -0.25) is 9.59 Å². The lowest BCUT2D eigenvalue weighted by Crippen LogP contribution is -2.45. The van der Waals surface area contributed by atoms with E-state index in [4.69, 9.17) is 4.74 Å². The molecule has 0 aromatic rings. The van der Waals surface area contributed by atoms with Crippen LogP contribution in [0.1, 0.15) is 335 Å². The van der Waals surface area contributed by atoms with Crippen LogP contribution in [0.2, 0.25) is 0 Å². The average molecular weight is 959 g/mol. The van der Waals surface area contributed by atoms with Crippen molar-refractivity contribution in [1.82, 2.24) is 5.32 Å². The molecule has 2 atom stereocenters. The van der Waals surface area contributed by atoms with Crippen LogP contribution < -0.4 is 5.32 Å². The molecular formula is C62H119NO5. The van der Waals surface area contributed by atoms with Gasteiger partial charge in [0.15, 0.2) is 0 Å². The SMILES string of the molecule is CCCCCCC/C=C\CCCCCCCC(=O)OCCCCCCCCCCCCCC/C=C\CCCCCCCCCCCCCCC(=O)NC(CO)C(O)CCCCCCCCCCC. The van der Waals surface area contributed by atoms with Gasteiger partial charge in [-0.25, -0.2) is 0 Å². The molecule has 1 amide bonds. The second-order valence-corrected chi connectivity index (χ2v) is 21.0. The molecule has 0 aliphatic heterocycles. The van der Waals surface area contributed by atoms with Gasteiger partial charge in [0, 0.05) is 12.8 Å². The number of ether oxygens (including phenoxy) is 1. The predicted molar refractivity (Wildman–Crippen MR) is 296 cm³/mol. The number of allylic oxidation sites excluding steroid dienone is 4. The summed E-state index contributed by atoms with van der Waals surface area (Å²) >= 11 is 0. The van der Waals surface area contributed by atoms with Gasteiger partial charge >= 0.3 is 5.97 Å². The lowest BCUT2D eigenvalue weighted by molar-refractivity contribution is -0.143. The van der Waals surface area contributed by atoms with Gasteiger partial charge < -0.3 is 20.3 Å². The van der Waals surface area contributed by atoms with Crippen LogP contribution >= 0.6 is 0 Å². The Bertz CT molecular complexity index is 1060. The van der Waals surface area contributed by atoms with Gasteiger partial charge in [0.25, 0.3) is 0 Å². The zero-order chi connectivity index (χ0) is 49.3. The first kappa shape index (κ1) is 66.3. The Hall–Kier alpha value is -1.66. The summed E-state index contributed by atoms with van der Waals surface area (Å²) in [5.74, 6) is -0.0292. The zero-order valence-electron chi connectivity index (χ0n) is 45.9. The number of carbonyl (C=O) groups is 2. The van der Waals surface area contributed by atoms with E-state index in [0.717, 1.165) is 44.9 Å². The van der Waals surface area contributed by atoms with E-state index in [1.807, 2.05) is 0 Å². The van der Waals surface area contributed by atoms with Gasteiger partial charge in [0.1, 0.15) is 0 Å². The number of hydrogen-bond acceptors (Lipinski definition) is 5. The summed E-state index contributed by atoms with van der Waals surface area (Å²) in [6.45, 7) is 4.93. The van der Waals surface area contributed by atoms with Crippen LogP contribution in [0.3, 0.4) is 0 Å². The Morgan fingerprint density at radius 3 is 1.04 bits per heavy atom. The second kappa shape index (κ2) is 57.9. The Labute approximate surface area is 424 Å². The molecule has 3 N–H and O–H groups in total.